The summed E-state index contributed by atoms with van der Waals surface area (Å²) in [4.78, 5) is 16.5. The van der Waals surface area contributed by atoms with Crippen molar-refractivity contribution in [2.24, 2.45) is 11.7 Å². The van der Waals surface area contributed by atoms with Gasteiger partial charge in [-0.05, 0) is 28.3 Å². The van der Waals surface area contributed by atoms with Crippen LogP contribution in [0.5, 0.6) is 0 Å². The molecule has 0 saturated carbocycles. The Balaban J connectivity index is 1.80. The summed E-state index contributed by atoms with van der Waals surface area (Å²) < 4.78 is 0. The molecule has 1 fully saturated rings. The van der Waals surface area contributed by atoms with Gasteiger partial charge in [-0.25, -0.2) is 0 Å². The number of thiophene rings is 1. The molecule has 4 nitrogen and oxygen atoms in total. The second-order valence-electron chi connectivity index (χ2n) is 5.50. The van der Waals surface area contributed by atoms with Crippen molar-refractivity contribution < 1.29 is 4.79 Å². The topological polar surface area (TPSA) is 49.6 Å². The van der Waals surface area contributed by atoms with E-state index in [2.05, 4.69) is 21.7 Å². The summed E-state index contributed by atoms with van der Waals surface area (Å²) in [5.74, 6) is 0.307. The minimum absolute atomic E-state index is 0.102. The second kappa shape index (κ2) is 6.50. The Morgan fingerprint density at radius 2 is 2.05 bits per heavy atom. The third kappa shape index (κ3) is 3.78. The normalized spacial score (nSPS) is 18.8. The zero-order chi connectivity index (χ0) is 13.8. The Morgan fingerprint density at radius 1 is 1.37 bits per heavy atom. The Morgan fingerprint density at radius 3 is 2.58 bits per heavy atom. The van der Waals surface area contributed by atoms with Gasteiger partial charge >= 0.3 is 0 Å². The average Bonchev–Trinajstić information content (AvgIpc) is 2.90. The molecular formula is C14H23N3OS. The minimum Gasteiger partial charge on any atom is -0.339 e. The third-order valence-electron chi connectivity index (χ3n) is 3.67. The van der Waals surface area contributed by atoms with E-state index in [4.69, 9.17) is 5.73 Å². The van der Waals surface area contributed by atoms with Crippen LogP contribution < -0.4 is 5.73 Å². The molecule has 1 aromatic heterocycles. The number of carbonyl (C=O) groups excluding carboxylic acids is 1. The molecule has 5 heteroatoms. The fourth-order valence-electron chi connectivity index (χ4n) is 2.26. The van der Waals surface area contributed by atoms with Crippen LogP contribution in [0.2, 0.25) is 0 Å². The lowest BCUT2D eigenvalue weighted by Gasteiger charge is -2.36. The number of piperazine rings is 1. The summed E-state index contributed by atoms with van der Waals surface area (Å²) in [6.07, 6.45) is 0. The highest BCUT2D eigenvalue weighted by Gasteiger charge is 2.26. The molecule has 2 heterocycles. The summed E-state index contributed by atoms with van der Waals surface area (Å²) in [6, 6.07) is 1.81. The number of hydrogen-bond donors (Lipinski definition) is 1. The average molecular weight is 281 g/mol. The predicted molar refractivity (Wildman–Crippen MR) is 79.0 cm³/mol. The Kier molecular flexibility index (Phi) is 4.96. The van der Waals surface area contributed by atoms with Gasteiger partial charge < -0.3 is 10.6 Å². The monoisotopic (exact) mass is 281 g/mol. The Labute approximate surface area is 119 Å². The number of carbonyl (C=O) groups is 1. The van der Waals surface area contributed by atoms with Gasteiger partial charge in [0.2, 0.25) is 5.91 Å². The van der Waals surface area contributed by atoms with Crippen LogP contribution in [0.3, 0.4) is 0 Å². The molecule has 0 radical (unpaired) electrons. The molecule has 0 aliphatic carbocycles. The highest BCUT2D eigenvalue weighted by Crippen LogP contribution is 2.13. The van der Waals surface area contributed by atoms with Gasteiger partial charge in [0.15, 0.2) is 0 Å². The van der Waals surface area contributed by atoms with Crippen LogP contribution in [0.25, 0.3) is 0 Å². The summed E-state index contributed by atoms with van der Waals surface area (Å²) in [6.45, 7) is 8.44. The van der Waals surface area contributed by atoms with E-state index in [1.807, 2.05) is 18.7 Å². The molecule has 0 unspecified atom stereocenters. The van der Waals surface area contributed by atoms with Gasteiger partial charge in [0, 0.05) is 32.7 Å². The molecule has 1 aliphatic rings. The van der Waals surface area contributed by atoms with Crippen molar-refractivity contribution in [3.63, 3.8) is 0 Å². The molecule has 2 N–H and O–H groups in total. The maximum atomic E-state index is 12.1. The third-order valence-corrected chi connectivity index (χ3v) is 4.41. The molecular weight excluding hydrogens is 258 g/mol. The standard InChI is InChI=1S/C14H23N3OS/c1-11(2)13(15)14(18)17-6-4-16(5-7-17)9-12-3-8-19-10-12/h3,8,10-11,13H,4-7,9,15H2,1-2H3/t13-/m1/s1. The molecule has 19 heavy (non-hydrogen) atoms. The first-order valence-electron chi connectivity index (χ1n) is 6.85. The van der Waals surface area contributed by atoms with Crippen molar-refractivity contribution in [3.8, 4) is 0 Å². The summed E-state index contributed by atoms with van der Waals surface area (Å²) in [7, 11) is 0. The molecule has 0 spiro atoms. The Bertz CT molecular complexity index is 397. The fraction of sp³-hybridized carbons (Fsp3) is 0.643. The Hall–Kier alpha value is -0.910. The van der Waals surface area contributed by atoms with Crippen molar-refractivity contribution in [2.45, 2.75) is 26.4 Å². The van der Waals surface area contributed by atoms with E-state index in [0.717, 1.165) is 32.7 Å². The van der Waals surface area contributed by atoms with Crippen LogP contribution in [0, 0.1) is 5.92 Å². The van der Waals surface area contributed by atoms with Gasteiger partial charge in [-0.1, -0.05) is 13.8 Å². The van der Waals surface area contributed by atoms with E-state index in [1.165, 1.54) is 5.56 Å². The van der Waals surface area contributed by atoms with E-state index in [1.54, 1.807) is 11.3 Å². The van der Waals surface area contributed by atoms with Crippen LogP contribution in [-0.2, 0) is 11.3 Å². The zero-order valence-corrected chi connectivity index (χ0v) is 12.5. The molecule has 2 rings (SSSR count). The first kappa shape index (κ1) is 14.5. The molecule has 1 aromatic rings. The molecule has 0 bridgehead atoms. The zero-order valence-electron chi connectivity index (χ0n) is 11.7. The van der Waals surface area contributed by atoms with E-state index in [0.29, 0.717) is 0 Å². The first-order valence-corrected chi connectivity index (χ1v) is 7.80. The highest BCUT2D eigenvalue weighted by atomic mass is 32.1. The molecule has 1 atom stereocenters. The van der Waals surface area contributed by atoms with Crippen molar-refractivity contribution in [1.29, 1.82) is 0 Å². The summed E-state index contributed by atoms with van der Waals surface area (Å²) in [5.41, 5.74) is 7.30. The molecule has 106 valence electrons. The predicted octanol–water partition coefficient (Wildman–Crippen LogP) is 1.38. The van der Waals surface area contributed by atoms with Gasteiger partial charge in [0.05, 0.1) is 6.04 Å². The SMILES string of the molecule is CC(C)[C@@H](N)C(=O)N1CCN(Cc2ccsc2)CC1. The smallest absolute Gasteiger partial charge is 0.239 e. The lowest BCUT2D eigenvalue weighted by molar-refractivity contribution is -0.135. The molecule has 0 aromatic carbocycles. The van der Waals surface area contributed by atoms with E-state index >= 15 is 0 Å². The molecule has 1 aliphatic heterocycles. The van der Waals surface area contributed by atoms with E-state index in [9.17, 15) is 4.79 Å². The van der Waals surface area contributed by atoms with Crippen LogP contribution in [-0.4, -0.2) is 47.9 Å². The van der Waals surface area contributed by atoms with Gasteiger partial charge in [0.1, 0.15) is 0 Å². The summed E-state index contributed by atoms with van der Waals surface area (Å²) in [5, 5.41) is 4.29. The number of nitrogens with two attached hydrogens (primary N) is 1. The van der Waals surface area contributed by atoms with Gasteiger partial charge in [-0.2, -0.15) is 11.3 Å². The van der Waals surface area contributed by atoms with Crippen LogP contribution in [0.15, 0.2) is 16.8 Å². The number of nitrogens with zero attached hydrogens (tertiary/aromatic N) is 2. The quantitative estimate of drug-likeness (QED) is 0.907. The van der Waals surface area contributed by atoms with Crippen LogP contribution in [0.4, 0.5) is 0 Å². The van der Waals surface area contributed by atoms with Crippen molar-refractivity contribution in [1.82, 2.24) is 9.80 Å². The van der Waals surface area contributed by atoms with Crippen LogP contribution in [0.1, 0.15) is 19.4 Å². The number of hydrogen-bond acceptors (Lipinski definition) is 4. The minimum atomic E-state index is -0.358. The lowest BCUT2D eigenvalue weighted by atomic mass is 10.0. The van der Waals surface area contributed by atoms with E-state index in [-0.39, 0.29) is 17.9 Å². The number of rotatable bonds is 4. The highest BCUT2D eigenvalue weighted by molar-refractivity contribution is 7.07. The maximum Gasteiger partial charge on any atom is 0.239 e. The van der Waals surface area contributed by atoms with Gasteiger partial charge in [-0.15, -0.1) is 0 Å². The second-order valence-corrected chi connectivity index (χ2v) is 6.28. The molecule has 1 saturated heterocycles. The number of amides is 1. The lowest BCUT2D eigenvalue weighted by Crippen LogP contribution is -2.54. The fourth-order valence-corrected chi connectivity index (χ4v) is 2.92. The van der Waals surface area contributed by atoms with E-state index < -0.39 is 0 Å². The first-order chi connectivity index (χ1) is 9.08. The van der Waals surface area contributed by atoms with Crippen molar-refractivity contribution >= 4 is 17.2 Å². The van der Waals surface area contributed by atoms with Gasteiger partial charge in [0.25, 0.3) is 0 Å². The summed E-state index contributed by atoms with van der Waals surface area (Å²) >= 11 is 1.73. The van der Waals surface area contributed by atoms with Crippen molar-refractivity contribution in [2.75, 3.05) is 26.2 Å². The molecule has 1 amide bonds. The van der Waals surface area contributed by atoms with Crippen molar-refractivity contribution in [3.05, 3.63) is 22.4 Å². The van der Waals surface area contributed by atoms with Gasteiger partial charge in [-0.3, -0.25) is 9.69 Å². The largest absolute Gasteiger partial charge is 0.339 e. The maximum absolute atomic E-state index is 12.1. The van der Waals surface area contributed by atoms with Crippen LogP contribution >= 0.6 is 11.3 Å².